The number of fused-ring (bicyclic) bond motifs is 1. The van der Waals surface area contributed by atoms with Crippen molar-refractivity contribution in [1.82, 2.24) is 4.57 Å². The predicted molar refractivity (Wildman–Crippen MR) is 81.0 cm³/mol. The zero-order chi connectivity index (χ0) is 12.7. The van der Waals surface area contributed by atoms with Gasteiger partial charge in [-0.15, -0.1) is 0 Å². The average Bonchev–Trinajstić information content (AvgIpc) is 2.32. The highest BCUT2D eigenvalue weighted by Crippen LogP contribution is 2.35. The highest BCUT2D eigenvalue weighted by Gasteiger charge is 2.25. The Bertz CT molecular complexity index is 660. The van der Waals surface area contributed by atoms with Crippen LogP contribution in [0.15, 0.2) is 41.3 Å². The van der Waals surface area contributed by atoms with Gasteiger partial charge in [0.1, 0.15) is 0 Å². The second-order valence-corrected chi connectivity index (χ2v) is 6.06. The monoisotopic (exact) mass is 351 g/mol. The Kier molecular flexibility index (Phi) is 3.01. The molecule has 3 rings (SSSR count). The van der Waals surface area contributed by atoms with Gasteiger partial charge in [-0.1, -0.05) is 24.3 Å². The minimum absolute atomic E-state index is 0.109. The van der Waals surface area contributed by atoms with Crippen molar-refractivity contribution in [3.05, 3.63) is 67.1 Å². The molecule has 0 radical (unpaired) electrons. The molecule has 0 saturated carbocycles. The normalized spacial score (nSPS) is 17.1. The molecule has 1 aliphatic rings. The van der Waals surface area contributed by atoms with E-state index in [1.54, 1.807) is 6.07 Å². The van der Waals surface area contributed by atoms with Crippen molar-refractivity contribution in [2.75, 3.05) is 0 Å². The Labute approximate surface area is 120 Å². The number of hydrogen-bond acceptors (Lipinski definition) is 1. The third-order valence-corrected chi connectivity index (χ3v) is 4.78. The van der Waals surface area contributed by atoms with Crippen LogP contribution in [-0.4, -0.2) is 4.57 Å². The van der Waals surface area contributed by atoms with Crippen LogP contribution in [0.4, 0.5) is 0 Å². The molecule has 1 aromatic carbocycles. The standard InChI is InChI=1S/C15H14INO/c1-10-6-15(18)17(9-14(10)16)8-12-7-11-4-2-3-5-13(11)12/h2-6,9,12H,7-8H2,1H3. The summed E-state index contributed by atoms with van der Waals surface area (Å²) in [6.45, 7) is 2.78. The maximum atomic E-state index is 11.9. The number of pyridine rings is 1. The van der Waals surface area contributed by atoms with E-state index in [-0.39, 0.29) is 5.56 Å². The number of rotatable bonds is 2. The van der Waals surface area contributed by atoms with Crippen LogP contribution in [0.25, 0.3) is 0 Å². The van der Waals surface area contributed by atoms with Crippen LogP contribution in [0.1, 0.15) is 22.6 Å². The molecule has 0 amide bonds. The van der Waals surface area contributed by atoms with E-state index >= 15 is 0 Å². The molecule has 92 valence electrons. The minimum atomic E-state index is 0.109. The molecule has 0 bridgehead atoms. The van der Waals surface area contributed by atoms with Crippen molar-refractivity contribution in [3.8, 4) is 0 Å². The summed E-state index contributed by atoms with van der Waals surface area (Å²) in [7, 11) is 0. The van der Waals surface area contributed by atoms with Crippen LogP contribution in [0.2, 0.25) is 0 Å². The summed E-state index contributed by atoms with van der Waals surface area (Å²) in [5.74, 6) is 0.498. The van der Waals surface area contributed by atoms with Gasteiger partial charge in [-0.05, 0) is 52.6 Å². The molecule has 1 aliphatic carbocycles. The van der Waals surface area contributed by atoms with Gasteiger partial charge in [0.15, 0.2) is 0 Å². The Balaban J connectivity index is 1.88. The molecule has 18 heavy (non-hydrogen) atoms. The van der Waals surface area contributed by atoms with Crippen molar-refractivity contribution in [2.45, 2.75) is 25.8 Å². The molecule has 1 aromatic heterocycles. The molecule has 3 heteroatoms. The molecule has 0 spiro atoms. The van der Waals surface area contributed by atoms with Crippen LogP contribution in [0.5, 0.6) is 0 Å². The highest BCUT2D eigenvalue weighted by atomic mass is 127. The lowest BCUT2D eigenvalue weighted by atomic mass is 9.77. The lowest BCUT2D eigenvalue weighted by Gasteiger charge is -2.30. The van der Waals surface area contributed by atoms with Crippen LogP contribution in [-0.2, 0) is 13.0 Å². The summed E-state index contributed by atoms with van der Waals surface area (Å²) in [5.41, 5.74) is 4.00. The first-order valence-corrected chi connectivity index (χ1v) is 7.17. The largest absolute Gasteiger partial charge is 0.314 e. The van der Waals surface area contributed by atoms with Gasteiger partial charge in [-0.3, -0.25) is 4.79 Å². The fourth-order valence-corrected chi connectivity index (χ4v) is 3.04. The van der Waals surface area contributed by atoms with E-state index in [4.69, 9.17) is 0 Å². The smallest absolute Gasteiger partial charge is 0.250 e. The SMILES string of the molecule is Cc1cc(=O)n(CC2Cc3ccccc32)cc1I. The van der Waals surface area contributed by atoms with Crippen molar-refractivity contribution >= 4 is 22.6 Å². The number of nitrogens with zero attached hydrogens (tertiary/aromatic N) is 1. The average molecular weight is 351 g/mol. The third kappa shape index (κ3) is 2.00. The first-order valence-electron chi connectivity index (χ1n) is 6.09. The van der Waals surface area contributed by atoms with Crippen LogP contribution in [0.3, 0.4) is 0 Å². The maximum Gasteiger partial charge on any atom is 0.250 e. The summed E-state index contributed by atoms with van der Waals surface area (Å²) in [5, 5.41) is 0. The summed E-state index contributed by atoms with van der Waals surface area (Å²) in [6.07, 6.45) is 3.06. The number of halogens is 1. The van der Waals surface area contributed by atoms with Crippen molar-refractivity contribution < 1.29 is 0 Å². The number of benzene rings is 1. The summed E-state index contributed by atoms with van der Waals surface area (Å²) < 4.78 is 3.00. The lowest BCUT2D eigenvalue weighted by molar-refractivity contribution is 0.497. The zero-order valence-electron chi connectivity index (χ0n) is 10.2. The first-order chi connectivity index (χ1) is 8.65. The highest BCUT2D eigenvalue weighted by molar-refractivity contribution is 14.1. The van der Waals surface area contributed by atoms with E-state index in [0.29, 0.717) is 5.92 Å². The summed E-state index contributed by atoms with van der Waals surface area (Å²) in [4.78, 5) is 11.9. The Morgan fingerprint density at radius 1 is 1.39 bits per heavy atom. The molecule has 0 saturated heterocycles. The minimum Gasteiger partial charge on any atom is -0.314 e. The van der Waals surface area contributed by atoms with Crippen molar-refractivity contribution in [2.24, 2.45) is 0 Å². The Morgan fingerprint density at radius 2 is 2.17 bits per heavy atom. The lowest BCUT2D eigenvalue weighted by Crippen LogP contribution is -2.28. The second-order valence-electron chi connectivity index (χ2n) is 4.89. The quantitative estimate of drug-likeness (QED) is 0.763. The molecule has 0 fully saturated rings. The fraction of sp³-hybridized carbons (Fsp3) is 0.267. The molecule has 2 nitrogen and oxygen atoms in total. The van der Waals surface area contributed by atoms with E-state index in [2.05, 4.69) is 46.9 Å². The second kappa shape index (κ2) is 4.53. The van der Waals surface area contributed by atoms with E-state index in [1.807, 2.05) is 17.7 Å². The van der Waals surface area contributed by atoms with Crippen LogP contribution in [0, 0.1) is 10.5 Å². The molecule has 1 heterocycles. The van der Waals surface area contributed by atoms with Gasteiger partial charge in [0, 0.05) is 28.3 Å². The molecular formula is C15H14INO. The van der Waals surface area contributed by atoms with E-state index in [1.165, 1.54) is 11.1 Å². The summed E-state index contributed by atoms with van der Waals surface area (Å²) >= 11 is 2.28. The Hall–Kier alpha value is -1.10. The number of aryl methyl sites for hydroxylation is 1. The molecule has 1 unspecified atom stereocenters. The maximum absolute atomic E-state index is 11.9. The number of aromatic nitrogens is 1. The van der Waals surface area contributed by atoms with Gasteiger partial charge >= 0.3 is 0 Å². The fourth-order valence-electron chi connectivity index (χ4n) is 2.55. The van der Waals surface area contributed by atoms with Gasteiger partial charge in [0.25, 0.3) is 5.56 Å². The van der Waals surface area contributed by atoms with Crippen LogP contribution < -0.4 is 5.56 Å². The number of hydrogen-bond donors (Lipinski definition) is 0. The predicted octanol–water partition coefficient (Wildman–Crippen LogP) is 3.10. The molecule has 0 N–H and O–H groups in total. The molecule has 1 atom stereocenters. The van der Waals surface area contributed by atoms with Crippen molar-refractivity contribution in [1.29, 1.82) is 0 Å². The molecule has 2 aromatic rings. The molecular weight excluding hydrogens is 337 g/mol. The van der Waals surface area contributed by atoms with E-state index in [0.717, 1.165) is 22.1 Å². The molecule has 0 aliphatic heterocycles. The van der Waals surface area contributed by atoms with Gasteiger partial charge in [0.2, 0.25) is 0 Å². The van der Waals surface area contributed by atoms with Crippen molar-refractivity contribution in [3.63, 3.8) is 0 Å². The summed E-state index contributed by atoms with van der Waals surface area (Å²) in [6, 6.07) is 10.2. The van der Waals surface area contributed by atoms with Gasteiger partial charge in [0.05, 0.1) is 0 Å². The van der Waals surface area contributed by atoms with E-state index in [9.17, 15) is 4.79 Å². The first kappa shape index (κ1) is 12.0. The van der Waals surface area contributed by atoms with E-state index < -0.39 is 0 Å². The van der Waals surface area contributed by atoms with Gasteiger partial charge in [-0.2, -0.15) is 0 Å². The zero-order valence-corrected chi connectivity index (χ0v) is 12.3. The topological polar surface area (TPSA) is 22.0 Å². The third-order valence-electron chi connectivity index (χ3n) is 3.65. The van der Waals surface area contributed by atoms with Crippen LogP contribution >= 0.6 is 22.6 Å². The Morgan fingerprint density at radius 3 is 2.94 bits per heavy atom. The van der Waals surface area contributed by atoms with Gasteiger partial charge in [-0.25, -0.2) is 0 Å². The van der Waals surface area contributed by atoms with Gasteiger partial charge < -0.3 is 4.57 Å².